The van der Waals surface area contributed by atoms with Gasteiger partial charge in [0, 0.05) is 6.04 Å². The summed E-state index contributed by atoms with van der Waals surface area (Å²) < 4.78 is 22.8. The molecular formula is C16H25N3O3S. The van der Waals surface area contributed by atoms with Crippen molar-refractivity contribution in [3.8, 4) is 0 Å². The Hall–Kier alpha value is -1.60. The topological polar surface area (TPSA) is 101 Å². The summed E-state index contributed by atoms with van der Waals surface area (Å²) in [7, 11) is -3.74. The van der Waals surface area contributed by atoms with Crippen molar-refractivity contribution in [3.63, 3.8) is 0 Å². The minimum absolute atomic E-state index is 0.0489. The van der Waals surface area contributed by atoms with Crippen molar-refractivity contribution in [1.82, 2.24) is 10.6 Å². The maximum Gasteiger partial charge on any atom is 0.315 e. The fraction of sp³-hybridized carbons (Fsp3) is 0.562. The van der Waals surface area contributed by atoms with Crippen LogP contribution >= 0.6 is 0 Å². The third-order valence-corrected chi connectivity index (χ3v) is 5.14. The number of urea groups is 1. The monoisotopic (exact) mass is 339 g/mol. The van der Waals surface area contributed by atoms with Crippen molar-refractivity contribution >= 4 is 16.1 Å². The molecule has 0 radical (unpaired) electrons. The highest BCUT2D eigenvalue weighted by Crippen LogP contribution is 2.18. The molecule has 1 aliphatic rings. The Morgan fingerprint density at radius 2 is 1.87 bits per heavy atom. The van der Waals surface area contributed by atoms with Crippen LogP contribution in [0, 0.1) is 0 Å². The Labute approximate surface area is 137 Å². The highest BCUT2D eigenvalue weighted by molar-refractivity contribution is 7.89. The standard InChI is InChI=1S/C16H25N3O3S/c1-12(13-7-6-10-15(11-13)23(17,21)22)18-16(20)19-14-8-4-2-3-5-9-14/h6-7,10-12,14H,2-5,8-9H2,1H3,(H2,17,21,22)(H2,18,19,20). The molecule has 0 aliphatic heterocycles. The molecule has 1 aliphatic carbocycles. The van der Waals surface area contributed by atoms with Crippen molar-refractivity contribution in [1.29, 1.82) is 0 Å². The molecule has 23 heavy (non-hydrogen) atoms. The van der Waals surface area contributed by atoms with E-state index in [1.54, 1.807) is 12.1 Å². The number of nitrogens with two attached hydrogens (primary N) is 1. The van der Waals surface area contributed by atoms with Crippen molar-refractivity contribution in [2.45, 2.75) is 62.4 Å². The first kappa shape index (κ1) is 17.7. The molecule has 0 bridgehead atoms. The second-order valence-electron chi connectivity index (χ2n) is 6.15. The molecule has 1 atom stereocenters. The molecule has 0 heterocycles. The lowest BCUT2D eigenvalue weighted by Gasteiger charge is -2.20. The van der Waals surface area contributed by atoms with Gasteiger partial charge in [0.1, 0.15) is 0 Å². The molecular weight excluding hydrogens is 314 g/mol. The third kappa shape index (κ3) is 5.51. The van der Waals surface area contributed by atoms with E-state index in [-0.39, 0.29) is 23.0 Å². The van der Waals surface area contributed by atoms with Crippen LogP contribution in [-0.2, 0) is 10.0 Å². The molecule has 1 saturated carbocycles. The fourth-order valence-corrected chi connectivity index (χ4v) is 3.46. The Morgan fingerprint density at radius 1 is 1.22 bits per heavy atom. The van der Waals surface area contributed by atoms with Gasteiger partial charge in [0.05, 0.1) is 10.9 Å². The number of nitrogens with one attached hydrogen (secondary N) is 2. The molecule has 4 N–H and O–H groups in total. The van der Waals surface area contributed by atoms with Crippen LogP contribution in [0.4, 0.5) is 4.79 Å². The number of amides is 2. The lowest BCUT2D eigenvalue weighted by Crippen LogP contribution is -2.42. The Morgan fingerprint density at radius 3 is 2.48 bits per heavy atom. The highest BCUT2D eigenvalue weighted by Gasteiger charge is 2.17. The SMILES string of the molecule is CC(NC(=O)NC1CCCCCC1)c1cccc(S(N)(=O)=O)c1. The van der Waals surface area contributed by atoms with Gasteiger partial charge < -0.3 is 10.6 Å². The van der Waals surface area contributed by atoms with Gasteiger partial charge in [-0.3, -0.25) is 0 Å². The average molecular weight is 339 g/mol. The number of rotatable bonds is 4. The summed E-state index contributed by atoms with van der Waals surface area (Å²) in [6.45, 7) is 1.81. The van der Waals surface area contributed by atoms with E-state index in [2.05, 4.69) is 10.6 Å². The van der Waals surface area contributed by atoms with Crippen LogP contribution in [0.5, 0.6) is 0 Å². The zero-order chi connectivity index (χ0) is 16.9. The number of hydrogen-bond donors (Lipinski definition) is 3. The Balaban J connectivity index is 1.95. The van der Waals surface area contributed by atoms with Gasteiger partial charge in [0.2, 0.25) is 10.0 Å². The zero-order valence-corrected chi connectivity index (χ0v) is 14.2. The minimum Gasteiger partial charge on any atom is -0.335 e. The van der Waals surface area contributed by atoms with Crippen molar-refractivity contribution in [3.05, 3.63) is 29.8 Å². The molecule has 1 unspecified atom stereocenters. The number of carbonyl (C=O) groups excluding carboxylic acids is 1. The van der Waals surface area contributed by atoms with E-state index in [1.807, 2.05) is 6.92 Å². The molecule has 2 amide bonds. The van der Waals surface area contributed by atoms with Gasteiger partial charge in [0.25, 0.3) is 0 Å². The third-order valence-electron chi connectivity index (χ3n) is 4.22. The number of primary sulfonamides is 1. The van der Waals surface area contributed by atoms with Crippen LogP contribution < -0.4 is 15.8 Å². The van der Waals surface area contributed by atoms with E-state index >= 15 is 0 Å². The van der Waals surface area contributed by atoms with Crippen LogP contribution in [0.15, 0.2) is 29.2 Å². The summed E-state index contributed by atoms with van der Waals surface area (Å²) in [6.07, 6.45) is 6.80. The van der Waals surface area contributed by atoms with Gasteiger partial charge in [0.15, 0.2) is 0 Å². The summed E-state index contributed by atoms with van der Waals surface area (Å²) in [5.41, 5.74) is 0.701. The van der Waals surface area contributed by atoms with Gasteiger partial charge in [-0.1, -0.05) is 37.8 Å². The summed E-state index contributed by atoms with van der Waals surface area (Å²) in [5.74, 6) is 0. The number of benzene rings is 1. The maximum absolute atomic E-state index is 12.1. The quantitative estimate of drug-likeness (QED) is 0.734. The molecule has 1 fully saturated rings. The average Bonchev–Trinajstić information content (AvgIpc) is 2.75. The van der Waals surface area contributed by atoms with Crippen molar-refractivity contribution < 1.29 is 13.2 Å². The summed E-state index contributed by atoms with van der Waals surface area (Å²) in [6, 6.07) is 6.03. The van der Waals surface area contributed by atoms with E-state index in [9.17, 15) is 13.2 Å². The molecule has 0 aromatic heterocycles. The predicted octanol–water partition coefficient (Wildman–Crippen LogP) is 2.42. The Bertz CT molecular complexity index is 638. The first-order valence-electron chi connectivity index (χ1n) is 8.06. The van der Waals surface area contributed by atoms with Gasteiger partial charge in [-0.05, 0) is 37.5 Å². The lowest BCUT2D eigenvalue weighted by molar-refractivity contribution is 0.232. The van der Waals surface area contributed by atoms with E-state index in [1.165, 1.54) is 25.0 Å². The molecule has 0 spiro atoms. The van der Waals surface area contributed by atoms with Crippen LogP contribution in [0.3, 0.4) is 0 Å². The van der Waals surface area contributed by atoms with Gasteiger partial charge >= 0.3 is 6.03 Å². The van der Waals surface area contributed by atoms with E-state index < -0.39 is 10.0 Å². The highest BCUT2D eigenvalue weighted by atomic mass is 32.2. The van der Waals surface area contributed by atoms with Crippen molar-refractivity contribution in [2.24, 2.45) is 5.14 Å². The molecule has 128 valence electrons. The summed E-state index contributed by atoms with van der Waals surface area (Å²) >= 11 is 0. The van der Waals surface area contributed by atoms with Crippen LogP contribution in [0.2, 0.25) is 0 Å². The largest absolute Gasteiger partial charge is 0.335 e. The number of carbonyl (C=O) groups is 1. The second-order valence-corrected chi connectivity index (χ2v) is 7.71. The molecule has 6 nitrogen and oxygen atoms in total. The molecule has 7 heteroatoms. The van der Waals surface area contributed by atoms with E-state index in [0.29, 0.717) is 5.56 Å². The Kier molecular flexibility index (Phi) is 6.01. The minimum atomic E-state index is -3.74. The summed E-state index contributed by atoms with van der Waals surface area (Å²) in [5, 5.41) is 11.0. The van der Waals surface area contributed by atoms with Gasteiger partial charge in [-0.15, -0.1) is 0 Å². The molecule has 1 aromatic carbocycles. The zero-order valence-electron chi connectivity index (χ0n) is 13.4. The number of hydrogen-bond acceptors (Lipinski definition) is 3. The normalized spacial score (nSPS) is 18.0. The molecule has 2 rings (SSSR count). The summed E-state index contributed by atoms with van der Waals surface area (Å²) in [4.78, 5) is 12.2. The molecule has 0 saturated heterocycles. The second kappa shape index (κ2) is 7.79. The maximum atomic E-state index is 12.1. The van der Waals surface area contributed by atoms with Gasteiger partial charge in [-0.2, -0.15) is 0 Å². The predicted molar refractivity (Wildman–Crippen MR) is 89.4 cm³/mol. The number of sulfonamides is 1. The van der Waals surface area contributed by atoms with E-state index in [0.717, 1.165) is 25.7 Å². The van der Waals surface area contributed by atoms with Gasteiger partial charge in [-0.25, -0.2) is 18.4 Å². The van der Waals surface area contributed by atoms with E-state index in [4.69, 9.17) is 5.14 Å². The van der Waals surface area contributed by atoms with Crippen LogP contribution in [0.25, 0.3) is 0 Å². The van der Waals surface area contributed by atoms with Crippen LogP contribution in [-0.4, -0.2) is 20.5 Å². The first-order chi connectivity index (χ1) is 10.9. The fourth-order valence-electron chi connectivity index (χ4n) is 2.89. The lowest BCUT2D eigenvalue weighted by atomic mass is 10.1. The first-order valence-corrected chi connectivity index (χ1v) is 9.60. The van der Waals surface area contributed by atoms with Crippen molar-refractivity contribution in [2.75, 3.05) is 0 Å². The molecule has 1 aromatic rings. The van der Waals surface area contributed by atoms with Crippen LogP contribution in [0.1, 0.15) is 57.1 Å². The smallest absolute Gasteiger partial charge is 0.315 e.